The number of rotatable bonds is 5. The van der Waals surface area contributed by atoms with Crippen LogP contribution in [0, 0.1) is 5.82 Å². The maximum absolute atomic E-state index is 13.6. The van der Waals surface area contributed by atoms with E-state index in [4.69, 9.17) is 0 Å². The Kier molecular flexibility index (Phi) is 4.97. The highest BCUT2D eigenvalue weighted by atomic mass is 19.1. The number of nitrogens with zero attached hydrogens (tertiary/aromatic N) is 1. The molecular formula is C17H19FN4O3. The number of aromatic amines is 2. The third-order valence-corrected chi connectivity index (χ3v) is 4.22. The molecule has 132 valence electrons. The zero-order chi connectivity index (χ0) is 17.8. The van der Waals surface area contributed by atoms with Crippen LogP contribution in [0.5, 0.6) is 0 Å². The summed E-state index contributed by atoms with van der Waals surface area (Å²) < 4.78 is 13.6. The summed E-state index contributed by atoms with van der Waals surface area (Å²) in [5, 5.41) is 2.92. The number of benzene rings is 1. The molecule has 1 saturated heterocycles. The minimum Gasteiger partial charge on any atom is -0.356 e. The first-order valence-electron chi connectivity index (χ1n) is 8.12. The number of H-pyrrole nitrogens is 2. The molecule has 0 aliphatic carbocycles. The van der Waals surface area contributed by atoms with Crippen molar-refractivity contribution in [2.24, 2.45) is 0 Å². The first-order valence-corrected chi connectivity index (χ1v) is 8.12. The van der Waals surface area contributed by atoms with E-state index in [-0.39, 0.29) is 24.2 Å². The fraction of sp³-hybridized carbons (Fsp3) is 0.353. The van der Waals surface area contributed by atoms with Crippen molar-refractivity contribution in [2.45, 2.75) is 25.3 Å². The van der Waals surface area contributed by atoms with Crippen LogP contribution in [0.4, 0.5) is 10.2 Å². The predicted octanol–water partition coefficient (Wildman–Crippen LogP) is 0.530. The summed E-state index contributed by atoms with van der Waals surface area (Å²) in [6.07, 6.45) is 1.26. The average molecular weight is 346 g/mol. The Bertz CT molecular complexity index is 848. The second-order valence-electron chi connectivity index (χ2n) is 6.06. The number of hydrogen-bond donors (Lipinski definition) is 3. The van der Waals surface area contributed by atoms with Crippen molar-refractivity contribution in [3.8, 4) is 0 Å². The van der Waals surface area contributed by atoms with Gasteiger partial charge in [-0.2, -0.15) is 0 Å². The minimum atomic E-state index is -0.556. The molecule has 0 bridgehead atoms. The third-order valence-electron chi connectivity index (χ3n) is 4.22. The molecule has 2 heterocycles. The second-order valence-corrected chi connectivity index (χ2v) is 6.06. The van der Waals surface area contributed by atoms with Gasteiger partial charge in [0.1, 0.15) is 11.6 Å². The van der Waals surface area contributed by atoms with Gasteiger partial charge >= 0.3 is 5.69 Å². The van der Waals surface area contributed by atoms with Gasteiger partial charge in [0.15, 0.2) is 0 Å². The average Bonchev–Trinajstić information content (AvgIpc) is 3.02. The fourth-order valence-corrected chi connectivity index (χ4v) is 2.97. The van der Waals surface area contributed by atoms with Crippen molar-refractivity contribution in [1.82, 2.24) is 15.3 Å². The van der Waals surface area contributed by atoms with Crippen molar-refractivity contribution in [2.75, 3.05) is 18.0 Å². The van der Waals surface area contributed by atoms with Gasteiger partial charge in [-0.3, -0.25) is 19.6 Å². The molecule has 7 nitrogen and oxygen atoms in total. The molecule has 0 unspecified atom stereocenters. The summed E-state index contributed by atoms with van der Waals surface area (Å²) in [4.78, 5) is 41.3. The number of aryl methyl sites for hydroxylation is 1. The second kappa shape index (κ2) is 7.33. The molecule has 1 aromatic heterocycles. The van der Waals surface area contributed by atoms with E-state index in [9.17, 15) is 18.8 Å². The zero-order valence-electron chi connectivity index (χ0n) is 13.5. The predicted molar refractivity (Wildman–Crippen MR) is 91.2 cm³/mol. The van der Waals surface area contributed by atoms with Crippen LogP contribution in [-0.2, 0) is 11.2 Å². The van der Waals surface area contributed by atoms with Crippen LogP contribution in [0.3, 0.4) is 0 Å². The van der Waals surface area contributed by atoms with Crippen LogP contribution in [0.1, 0.15) is 18.4 Å². The Labute approximate surface area is 142 Å². The van der Waals surface area contributed by atoms with E-state index in [0.717, 1.165) is 0 Å². The van der Waals surface area contributed by atoms with Crippen LogP contribution in [-0.4, -0.2) is 35.0 Å². The lowest BCUT2D eigenvalue weighted by atomic mass is 10.1. The van der Waals surface area contributed by atoms with Gasteiger partial charge in [-0.15, -0.1) is 0 Å². The Morgan fingerprint density at radius 2 is 2.08 bits per heavy atom. The van der Waals surface area contributed by atoms with Gasteiger partial charge in [0.2, 0.25) is 5.91 Å². The van der Waals surface area contributed by atoms with Gasteiger partial charge in [0.05, 0.1) is 0 Å². The molecule has 2 aromatic rings. The summed E-state index contributed by atoms with van der Waals surface area (Å²) in [6, 6.07) is 7.66. The molecule has 1 aromatic carbocycles. The van der Waals surface area contributed by atoms with Crippen molar-refractivity contribution >= 4 is 11.7 Å². The Morgan fingerprint density at radius 3 is 2.84 bits per heavy atom. The van der Waals surface area contributed by atoms with Crippen LogP contribution in [0.15, 0.2) is 39.9 Å². The number of carbonyl (C=O) groups is 1. The molecule has 1 aliphatic rings. The maximum Gasteiger partial charge on any atom is 0.327 e. The molecule has 1 fully saturated rings. The van der Waals surface area contributed by atoms with Crippen LogP contribution >= 0.6 is 0 Å². The highest BCUT2D eigenvalue weighted by Gasteiger charge is 2.24. The molecule has 25 heavy (non-hydrogen) atoms. The molecule has 1 aliphatic heterocycles. The SMILES string of the molecule is O=C(CCc1ccccc1F)N[C@@H]1CCN(c2cc(=O)[nH]c(=O)[nH]2)C1. The van der Waals surface area contributed by atoms with E-state index >= 15 is 0 Å². The third kappa shape index (κ3) is 4.34. The van der Waals surface area contributed by atoms with Crippen LogP contribution in [0.25, 0.3) is 0 Å². The van der Waals surface area contributed by atoms with E-state index in [1.54, 1.807) is 18.2 Å². The van der Waals surface area contributed by atoms with Gasteiger partial charge in [0, 0.05) is 31.6 Å². The Hall–Kier alpha value is -2.90. The highest BCUT2D eigenvalue weighted by molar-refractivity contribution is 5.76. The smallest absolute Gasteiger partial charge is 0.327 e. The van der Waals surface area contributed by atoms with Crippen molar-refractivity contribution in [3.63, 3.8) is 0 Å². The van der Waals surface area contributed by atoms with E-state index in [1.807, 2.05) is 4.90 Å². The van der Waals surface area contributed by atoms with Crippen molar-refractivity contribution in [3.05, 3.63) is 62.6 Å². The normalized spacial score (nSPS) is 16.8. The summed E-state index contributed by atoms with van der Waals surface area (Å²) in [5.74, 6) is -0.00745. The zero-order valence-corrected chi connectivity index (χ0v) is 13.5. The summed E-state index contributed by atoms with van der Waals surface area (Å²) in [6.45, 7) is 1.13. The molecule has 0 saturated carbocycles. The minimum absolute atomic E-state index is 0.0732. The topological polar surface area (TPSA) is 98.1 Å². The van der Waals surface area contributed by atoms with Crippen LogP contribution < -0.4 is 21.5 Å². The molecule has 1 atom stereocenters. The first kappa shape index (κ1) is 16.9. The lowest BCUT2D eigenvalue weighted by Gasteiger charge is -2.18. The lowest BCUT2D eigenvalue weighted by molar-refractivity contribution is -0.121. The van der Waals surface area contributed by atoms with Crippen LogP contribution in [0.2, 0.25) is 0 Å². The molecule has 3 N–H and O–H groups in total. The van der Waals surface area contributed by atoms with E-state index < -0.39 is 11.2 Å². The molecule has 3 rings (SSSR count). The largest absolute Gasteiger partial charge is 0.356 e. The fourth-order valence-electron chi connectivity index (χ4n) is 2.97. The maximum atomic E-state index is 13.6. The Morgan fingerprint density at radius 1 is 1.28 bits per heavy atom. The highest BCUT2D eigenvalue weighted by Crippen LogP contribution is 2.16. The number of nitrogens with one attached hydrogen (secondary N) is 3. The summed E-state index contributed by atoms with van der Waals surface area (Å²) in [7, 11) is 0. The molecule has 0 radical (unpaired) electrons. The number of hydrogen-bond acceptors (Lipinski definition) is 4. The summed E-state index contributed by atoms with van der Waals surface area (Å²) >= 11 is 0. The van der Waals surface area contributed by atoms with E-state index in [1.165, 1.54) is 12.1 Å². The van der Waals surface area contributed by atoms with Crippen molar-refractivity contribution < 1.29 is 9.18 Å². The van der Waals surface area contributed by atoms with Gasteiger partial charge < -0.3 is 10.2 Å². The number of aromatic nitrogens is 2. The Balaban J connectivity index is 1.52. The molecule has 0 spiro atoms. The molecule has 1 amide bonds. The number of halogens is 1. The standard InChI is InChI=1S/C17H19FN4O3/c18-13-4-2-1-3-11(13)5-6-15(23)19-12-7-8-22(10-12)14-9-16(24)21-17(25)20-14/h1-4,9,12H,5-8,10H2,(H,19,23)(H2,20,21,24,25)/t12-/m1/s1. The monoisotopic (exact) mass is 346 g/mol. The van der Waals surface area contributed by atoms with Gasteiger partial charge in [-0.05, 0) is 24.5 Å². The van der Waals surface area contributed by atoms with E-state index in [0.29, 0.717) is 37.3 Å². The van der Waals surface area contributed by atoms with Gasteiger partial charge in [0.25, 0.3) is 5.56 Å². The van der Waals surface area contributed by atoms with Crippen molar-refractivity contribution in [1.29, 1.82) is 0 Å². The number of carbonyl (C=O) groups excluding carboxylic acids is 1. The number of amides is 1. The molecular weight excluding hydrogens is 327 g/mol. The van der Waals surface area contributed by atoms with Gasteiger partial charge in [-0.25, -0.2) is 9.18 Å². The summed E-state index contributed by atoms with van der Waals surface area (Å²) in [5.41, 5.74) is -0.497. The number of anilines is 1. The molecule has 8 heteroatoms. The lowest BCUT2D eigenvalue weighted by Crippen LogP contribution is -2.38. The van der Waals surface area contributed by atoms with Gasteiger partial charge in [-0.1, -0.05) is 18.2 Å². The quantitative estimate of drug-likeness (QED) is 0.736. The first-order chi connectivity index (χ1) is 12.0. The van der Waals surface area contributed by atoms with E-state index in [2.05, 4.69) is 15.3 Å².